The van der Waals surface area contributed by atoms with E-state index in [1.54, 1.807) is 6.08 Å². The van der Waals surface area contributed by atoms with E-state index < -0.39 is 22.7 Å². The van der Waals surface area contributed by atoms with Gasteiger partial charge in [0, 0.05) is 23.3 Å². The van der Waals surface area contributed by atoms with Gasteiger partial charge in [-0.15, -0.1) is 5.16 Å². The Labute approximate surface area is 176 Å². The fourth-order valence-corrected chi connectivity index (χ4v) is 8.46. The Balaban J connectivity index is 1.53. The van der Waals surface area contributed by atoms with Gasteiger partial charge in [0.15, 0.2) is 0 Å². The molecule has 4 aliphatic carbocycles. The normalized spacial score (nSPS) is 53.1. The van der Waals surface area contributed by atoms with E-state index in [2.05, 4.69) is 12.1 Å². The molecule has 5 aliphatic rings. The molecule has 0 amide bonds. The number of aliphatic hydroxyl groups is 3. The lowest BCUT2D eigenvalue weighted by molar-refractivity contribution is -0.237. The summed E-state index contributed by atoms with van der Waals surface area (Å²) in [6, 6.07) is 0. The highest BCUT2D eigenvalue weighted by Crippen LogP contribution is 2.70. The second-order valence-corrected chi connectivity index (χ2v) is 10.8. The molecule has 4 N–H and O–H groups in total. The van der Waals surface area contributed by atoms with Gasteiger partial charge in [-0.25, -0.2) is 4.79 Å². The van der Waals surface area contributed by atoms with Gasteiger partial charge in [0.05, 0.1) is 23.5 Å². The predicted molar refractivity (Wildman–Crippen MR) is 108 cm³/mol. The molecule has 0 unspecified atom stereocenters. The van der Waals surface area contributed by atoms with Gasteiger partial charge in [0.25, 0.3) is 0 Å². The SMILES string of the molecule is C[C@]12CC[C@@H]3[C@H](CC[C@@]4(O)C[C@@H](O)CC[C@]34/C=N\O)[C@@]1(O)CC[C@H]2C1=CC(=O)OC1. The number of nitrogens with zero attached hydrogens (tertiary/aromatic N) is 1. The maximum atomic E-state index is 12.2. The summed E-state index contributed by atoms with van der Waals surface area (Å²) in [5, 5.41) is 47.0. The van der Waals surface area contributed by atoms with Crippen LogP contribution in [0.4, 0.5) is 0 Å². The third-order valence-corrected chi connectivity index (χ3v) is 9.93. The van der Waals surface area contributed by atoms with Gasteiger partial charge in [-0.3, -0.25) is 0 Å². The summed E-state index contributed by atoms with van der Waals surface area (Å²) in [5.74, 6) is -0.203. The summed E-state index contributed by atoms with van der Waals surface area (Å²) in [6.07, 6.45) is 8.20. The zero-order chi connectivity index (χ0) is 21.4. The van der Waals surface area contributed by atoms with Crippen molar-refractivity contribution in [2.75, 3.05) is 6.61 Å². The van der Waals surface area contributed by atoms with E-state index in [9.17, 15) is 25.3 Å². The molecule has 8 atom stereocenters. The number of ether oxygens (including phenoxy) is 1. The van der Waals surface area contributed by atoms with Crippen LogP contribution in [-0.4, -0.2) is 56.6 Å². The van der Waals surface area contributed by atoms with Crippen LogP contribution in [0.25, 0.3) is 0 Å². The van der Waals surface area contributed by atoms with E-state index in [4.69, 9.17) is 4.74 Å². The second kappa shape index (κ2) is 6.53. The molecule has 7 nitrogen and oxygen atoms in total. The monoisotopic (exact) mass is 419 g/mol. The quantitative estimate of drug-likeness (QED) is 0.236. The average molecular weight is 420 g/mol. The molecule has 1 heterocycles. The van der Waals surface area contributed by atoms with Crippen molar-refractivity contribution in [3.63, 3.8) is 0 Å². The summed E-state index contributed by atoms with van der Waals surface area (Å²) in [4.78, 5) is 11.7. The molecule has 30 heavy (non-hydrogen) atoms. The van der Waals surface area contributed by atoms with E-state index >= 15 is 0 Å². The van der Waals surface area contributed by atoms with Gasteiger partial charge in [-0.2, -0.15) is 0 Å². The molecule has 7 heteroatoms. The van der Waals surface area contributed by atoms with Crippen LogP contribution in [-0.2, 0) is 9.53 Å². The minimum atomic E-state index is -1.12. The van der Waals surface area contributed by atoms with Crippen LogP contribution in [0.1, 0.15) is 64.7 Å². The first-order valence-electron chi connectivity index (χ1n) is 11.4. The molecule has 1 aliphatic heterocycles. The Bertz CT molecular complexity index is 812. The number of carbonyl (C=O) groups is 1. The van der Waals surface area contributed by atoms with Gasteiger partial charge in [-0.05, 0) is 74.7 Å². The standard InChI is InChI=1S/C23H33NO6/c1-20-6-3-17-18(23(20,28)9-5-16(20)14-10-19(26)30-12-14)4-8-22(27)11-15(25)2-7-21(17,22)13-24-29/h10,13,15-18,25,27-29H,2-9,11-12H2,1H3/b24-13-/t15-,16-,17+,18-,20+,21-,22+,23-/m0/s1. The highest BCUT2D eigenvalue weighted by molar-refractivity contribution is 5.85. The molecular formula is C23H33NO6. The topological polar surface area (TPSA) is 120 Å². The van der Waals surface area contributed by atoms with Crippen LogP contribution in [0.3, 0.4) is 0 Å². The number of esters is 1. The lowest BCUT2D eigenvalue weighted by Crippen LogP contribution is -2.68. The Hall–Kier alpha value is -1.44. The van der Waals surface area contributed by atoms with Gasteiger partial charge in [-0.1, -0.05) is 6.92 Å². The third kappa shape index (κ3) is 2.43. The van der Waals surface area contributed by atoms with E-state index in [1.807, 2.05) is 0 Å². The Kier molecular flexibility index (Phi) is 4.45. The Morgan fingerprint density at radius 1 is 1.10 bits per heavy atom. The number of carbonyl (C=O) groups excluding carboxylic acids is 1. The highest BCUT2D eigenvalue weighted by atomic mass is 16.5. The molecule has 0 radical (unpaired) electrons. The summed E-state index contributed by atoms with van der Waals surface area (Å²) < 4.78 is 5.17. The summed E-state index contributed by atoms with van der Waals surface area (Å²) in [7, 11) is 0. The fraction of sp³-hybridized carbons (Fsp3) is 0.826. The maximum Gasteiger partial charge on any atom is 0.331 e. The van der Waals surface area contributed by atoms with Crippen molar-refractivity contribution in [1.82, 2.24) is 0 Å². The van der Waals surface area contributed by atoms with Gasteiger partial charge in [0.1, 0.15) is 6.61 Å². The average Bonchev–Trinajstić information content (AvgIpc) is 3.23. The first-order valence-corrected chi connectivity index (χ1v) is 11.4. The summed E-state index contributed by atoms with van der Waals surface area (Å²) in [6.45, 7) is 2.48. The minimum absolute atomic E-state index is 0.00749. The van der Waals surface area contributed by atoms with Crippen LogP contribution < -0.4 is 0 Å². The number of cyclic esters (lactones) is 1. The van der Waals surface area contributed by atoms with Crippen LogP contribution >= 0.6 is 0 Å². The minimum Gasteiger partial charge on any atom is -0.458 e. The lowest BCUT2D eigenvalue weighted by atomic mass is 9.41. The first-order chi connectivity index (χ1) is 14.2. The molecule has 0 saturated heterocycles. The molecule has 0 aromatic rings. The van der Waals surface area contributed by atoms with Gasteiger partial charge < -0.3 is 25.3 Å². The van der Waals surface area contributed by atoms with Crippen LogP contribution in [0.15, 0.2) is 16.8 Å². The number of oxime groups is 1. The molecule has 0 spiro atoms. The number of hydrogen-bond donors (Lipinski definition) is 4. The molecule has 0 bridgehead atoms. The smallest absolute Gasteiger partial charge is 0.331 e. The van der Waals surface area contributed by atoms with Crippen molar-refractivity contribution in [3.05, 3.63) is 11.6 Å². The molecule has 0 aromatic heterocycles. The summed E-state index contributed by atoms with van der Waals surface area (Å²) >= 11 is 0. The number of fused-ring (bicyclic) bond motifs is 5. The van der Waals surface area contributed by atoms with E-state index in [0.717, 1.165) is 24.8 Å². The largest absolute Gasteiger partial charge is 0.458 e. The zero-order valence-corrected chi connectivity index (χ0v) is 17.6. The first kappa shape index (κ1) is 20.5. The molecule has 5 rings (SSSR count). The number of hydrogen-bond acceptors (Lipinski definition) is 7. The van der Waals surface area contributed by atoms with Crippen molar-refractivity contribution in [2.24, 2.45) is 33.7 Å². The zero-order valence-electron chi connectivity index (χ0n) is 17.6. The molecule has 4 saturated carbocycles. The summed E-state index contributed by atoms with van der Waals surface area (Å²) in [5.41, 5.74) is -2.11. The molecule has 0 aromatic carbocycles. The number of aliphatic hydroxyl groups excluding tert-OH is 1. The third-order valence-electron chi connectivity index (χ3n) is 9.93. The van der Waals surface area contributed by atoms with Crippen molar-refractivity contribution in [1.29, 1.82) is 0 Å². The van der Waals surface area contributed by atoms with Crippen molar-refractivity contribution < 1.29 is 30.1 Å². The van der Waals surface area contributed by atoms with E-state index in [1.165, 1.54) is 6.21 Å². The molecular weight excluding hydrogens is 386 g/mol. The van der Waals surface area contributed by atoms with Crippen molar-refractivity contribution in [3.8, 4) is 0 Å². The highest BCUT2D eigenvalue weighted by Gasteiger charge is 2.71. The van der Waals surface area contributed by atoms with Gasteiger partial charge >= 0.3 is 5.97 Å². The van der Waals surface area contributed by atoms with Crippen LogP contribution in [0, 0.1) is 28.6 Å². The second-order valence-electron chi connectivity index (χ2n) is 10.8. The Morgan fingerprint density at radius 2 is 1.87 bits per heavy atom. The van der Waals surface area contributed by atoms with Gasteiger partial charge in [0.2, 0.25) is 0 Å². The van der Waals surface area contributed by atoms with Crippen molar-refractivity contribution >= 4 is 12.2 Å². The van der Waals surface area contributed by atoms with E-state index in [-0.39, 0.29) is 35.6 Å². The fourth-order valence-electron chi connectivity index (χ4n) is 8.46. The van der Waals surface area contributed by atoms with Crippen molar-refractivity contribution in [2.45, 2.75) is 82.0 Å². The Morgan fingerprint density at radius 3 is 2.57 bits per heavy atom. The molecule has 166 valence electrons. The lowest BCUT2D eigenvalue weighted by Gasteiger charge is -2.65. The number of rotatable bonds is 2. The van der Waals surface area contributed by atoms with Crippen LogP contribution in [0.5, 0.6) is 0 Å². The predicted octanol–water partition coefficient (Wildman–Crippen LogP) is 2.16. The molecule has 4 fully saturated rings. The van der Waals surface area contributed by atoms with E-state index in [0.29, 0.717) is 38.7 Å². The maximum absolute atomic E-state index is 12.2. The van der Waals surface area contributed by atoms with Crippen LogP contribution in [0.2, 0.25) is 0 Å².